The molecule has 0 saturated carbocycles. The Morgan fingerprint density at radius 1 is 1.11 bits per heavy atom. The van der Waals surface area contributed by atoms with E-state index in [1.807, 2.05) is 36.2 Å². The van der Waals surface area contributed by atoms with Crippen LogP contribution in [0, 0.1) is 0 Å². The molecule has 0 saturated heterocycles. The Balaban J connectivity index is 0.000000574. The normalized spacial score (nSPS) is 9.94. The molecule has 0 atom stereocenters. The van der Waals surface area contributed by atoms with Crippen molar-refractivity contribution < 1.29 is 0 Å². The van der Waals surface area contributed by atoms with Crippen molar-refractivity contribution in [2.45, 2.75) is 0 Å². The fourth-order valence-electron chi connectivity index (χ4n) is 1.61. The molecule has 5 heteroatoms. The molecule has 0 radical (unpaired) electrons. The summed E-state index contributed by atoms with van der Waals surface area (Å²) in [5.41, 5.74) is 2.90. The Labute approximate surface area is 118 Å². The van der Waals surface area contributed by atoms with E-state index in [1.165, 1.54) is 0 Å². The van der Waals surface area contributed by atoms with E-state index in [2.05, 4.69) is 30.9 Å². The zero-order chi connectivity index (χ0) is 13.0. The highest BCUT2D eigenvalue weighted by molar-refractivity contribution is 9.08. The highest BCUT2D eigenvalue weighted by Crippen LogP contribution is 2.20. The van der Waals surface area contributed by atoms with Gasteiger partial charge in [0.15, 0.2) is 0 Å². The van der Waals surface area contributed by atoms with Crippen LogP contribution in [-0.2, 0) is 0 Å². The summed E-state index contributed by atoms with van der Waals surface area (Å²) in [7, 11) is 0. The molecule has 0 fully saturated rings. The Morgan fingerprint density at radius 3 is 2.56 bits per heavy atom. The van der Waals surface area contributed by atoms with Crippen LogP contribution < -0.4 is 0 Å². The number of alkyl halides is 1. The van der Waals surface area contributed by atoms with Crippen LogP contribution in [0.25, 0.3) is 22.4 Å². The molecule has 18 heavy (non-hydrogen) atoms. The highest BCUT2D eigenvalue weighted by atomic mass is 79.9. The van der Waals surface area contributed by atoms with Gasteiger partial charge in [0.2, 0.25) is 0 Å². The number of hydrogen-bond acceptors (Lipinski definition) is 2. The molecule has 92 valence electrons. The molecule has 0 unspecified atom stereocenters. The predicted molar refractivity (Wildman–Crippen MR) is 79.2 cm³/mol. The maximum atomic E-state index is 5.74. The molecular formula is C13H11BrClN3. The van der Waals surface area contributed by atoms with Crippen molar-refractivity contribution in [1.82, 2.24) is 15.0 Å². The van der Waals surface area contributed by atoms with Gasteiger partial charge in [-0.3, -0.25) is 0 Å². The van der Waals surface area contributed by atoms with Crippen LogP contribution in [0.4, 0.5) is 0 Å². The first-order valence-electron chi connectivity index (χ1n) is 5.27. The number of aromatic amines is 1. The van der Waals surface area contributed by atoms with Crippen molar-refractivity contribution in [1.29, 1.82) is 0 Å². The van der Waals surface area contributed by atoms with E-state index in [1.54, 1.807) is 12.3 Å². The van der Waals surface area contributed by atoms with E-state index < -0.39 is 0 Å². The lowest BCUT2D eigenvalue weighted by Gasteiger charge is -1.94. The molecule has 0 amide bonds. The van der Waals surface area contributed by atoms with Gasteiger partial charge < -0.3 is 4.98 Å². The average molecular weight is 325 g/mol. The van der Waals surface area contributed by atoms with Gasteiger partial charge >= 0.3 is 0 Å². The monoisotopic (exact) mass is 323 g/mol. The average Bonchev–Trinajstić information content (AvgIpc) is 2.85. The van der Waals surface area contributed by atoms with Crippen molar-refractivity contribution in [3.63, 3.8) is 0 Å². The van der Waals surface area contributed by atoms with Gasteiger partial charge in [-0.05, 0) is 30.1 Å². The molecule has 0 bridgehead atoms. The number of fused-ring (bicyclic) bond motifs is 1. The maximum Gasteiger partial charge on any atom is 0.140 e. The van der Waals surface area contributed by atoms with Crippen LogP contribution in [0.15, 0.2) is 42.6 Å². The second-order valence-corrected chi connectivity index (χ2v) is 3.86. The molecule has 3 rings (SSSR count). The molecule has 3 aromatic rings. The fraction of sp³-hybridized carbons (Fsp3) is 0.0769. The highest BCUT2D eigenvalue weighted by Gasteiger charge is 2.04. The summed E-state index contributed by atoms with van der Waals surface area (Å²) in [5, 5.41) is 0.486. The summed E-state index contributed by atoms with van der Waals surface area (Å²) >= 11 is 8.67. The Kier molecular flexibility index (Phi) is 4.33. The number of hydrogen-bond donors (Lipinski definition) is 1. The minimum atomic E-state index is 0.486. The van der Waals surface area contributed by atoms with Gasteiger partial charge in [-0.25, -0.2) is 9.97 Å². The molecule has 1 aromatic carbocycles. The second-order valence-electron chi connectivity index (χ2n) is 3.47. The first-order chi connectivity index (χ1) is 8.83. The maximum absolute atomic E-state index is 5.74. The van der Waals surface area contributed by atoms with E-state index in [0.717, 1.165) is 22.4 Å². The summed E-state index contributed by atoms with van der Waals surface area (Å²) in [5.74, 6) is 2.62. The Bertz CT molecular complexity index is 601. The molecule has 0 aliphatic carbocycles. The first kappa shape index (κ1) is 13.1. The number of H-pyrrole nitrogens is 1. The minimum Gasteiger partial charge on any atom is -0.338 e. The van der Waals surface area contributed by atoms with E-state index in [0.29, 0.717) is 5.15 Å². The van der Waals surface area contributed by atoms with Gasteiger partial charge in [-0.1, -0.05) is 39.7 Å². The summed E-state index contributed by atoms with van der Waals surface area (Å²) in [4.78, 5) is 11.7. The minimum absolute atomic E-state index is 0.486. The second kappa shape index (κ2) is 5.98. The van der Waals surface area contributed by atoms with Crippen LogP contribution in [0.2, 0.25) is 5.15 Å². The van der Waals surface area contributed by atoms with Gasteiger partial charge in [0.25, 0.3) is 0 Å². The van der Waals surface area contributed by atoms with Crippen molar-refractivity contribution in [2.75, 3.05) is 5.83 Å². The largest absolute Gasteiger partial charge is 0.338 e. The SMILES string of the molecule is CBr.Clc1ccc(-c2nc3ccccc3[nH]2)cn1. The van der Waals surface area contributed by atoms with Gasteiger partial charge in [0.1, 0.15) is 11.0 Å². The zero-order valence-corrected chi connectivity index (χ0v) is 12.0. The summed E-state index contributed by atoms with van der Waals surface area (Å²) in [6.07, 6.45) is 1.71. The number of nitrogens with zero attached hydrogens (tertiary/aromatic N) is 2. The van der Waals surface area contributed by atoms with Crippen molar-refractivity contribution in [3.8, 4) is 11.4 Å². The van der Waals surface area contributed by atoms with Gasteiger partial charge in [-0.15, -0.1) is 0 Å². The van der Waals surface area contributed by atoms with Gasteiger partial charge in [0.05, 0.1) is 11.0 Å². The van der Waals surface area contributed by atoms with E-state index in [4.69, 9.17) is 11.6 Å². The Morgan fingerprint density at radius 2 is 1.89 bits per heavy atom. The fourth-order valence-corrected chi connectivity index (χ4v) is 1.72. The standard InChI is InChI=1S/C12H8ClN3.CH3Br/c13-11-6-5-8(7-14-11)12-15-9-3-1-2-4-10(9)16-12;1-2/h1-7H,(H,15,16);1H3. The van der Waals surface area contributed by atoms with Crippen LogP contribution in [0.3, 0.4) is 0 Å². The molecular weight excluding hydrogens is 314 g/mol. The summed E-state index contributed by atoms with van der Waals surface area (Å²) < 4.78 is 0. The summed E-state index contributed by atoms with van der Waals surface area (Å²) in [6.45, 7) is 0. The summed E-state index contributed by atoms with van der Waals surface area (Å²) in [6, 6.07) is 11.6. The molecule has 0 spiro atoms. The molecule has 0 aliphatic heterocycles. The molecule has 2 heterocycles. The number of halogens is 2. The zero-order valence-electron chi connectivity index (χ0n) is 9.69. The number of benzene rings is 1. The number of pyridine rings is 1. The number of para-hydroxylation sites is 2. The van der Waals surface area contributed by atoms with Crippen LogP contribution in [0.1, 0.15) is 0 Å². The van der Waals surface area contributed by atoms with E-state index in [-0.39, 0.29) is 0 Å². The molecule has 2 aromatic heterocycles. The third kappa shape index (κ3) is 2.71. The predicted octanol–water partition coefficient (Wildman–Crippen LogP) is 4.29. The number of rotatable bonds is 1. The van der Waals surface area contributed by atoms with E-state index >= 15 is 0 Å². The molecule has 3 nitrogen and oxygen atoms in total. The molecule has 0 aliphatic rings. The van der Waals surface area contributed by atoms with E-state index in [9.17, 15) is 0 Å². The lowest BCUT2D eigenvalue weighted by molar-refractivity contribution is 1.27. The lowest BCUT2D eigenvalue weighted by atomic mass is 10.3. The first-order valence-corrected chi connectivity index (χ1v) is 7.24. The van der Waals surface area contributed by atoms with Crippen LogP contribution in [-0.4, -0.2) is 20.8 Å². The topological polar surface area (TPSA) is 41.6 Å². The lowest BCUT2D eigenvalue weighted by Crippen LogP contribution is -1.81. The number of nitrogens with one attached hydrogen (secondary N) is 1. The van der Waals surface area contributed by atoms with Gasteiger partial charge in [0, 0.05) is 11.8 Å². The van der Waals surface area contributed by atoms with Gasteiger partial charge in [-0.2, -0.15) is 0 Å². The smallest absolute Gasteiger partial charge is 0.140 e. The Hall–Kier alpha value is -1.39. The number of imidazole rings is 1. The van der Waals surface area contributed by atoms with Crippen molar-refractivity contribution in [3.05, 3.63) is 47.7 Å². The third-order valence-corrected chi connectivity index (χ3v) is 2.61. The van der Waals surface area contributed by atoms with Crippen molar-refractivity contribution in [2.24, 2.45) is 0 Å². The van der Waals surface area contributed by atoms with Crippen LogP contribution in [0.5, 0.6) is 0 Å². The van der Waals surface area contributed by atoms with Crippen molar-refractivity contribution >= 4 is 38.6 Å². The molecule has 1 N–H and O–H groups in total. The third-order valence-electron chi connectivity index (χ3n) is 2.39. The quantitative estimate of drug-likeness (QED) is 0.536. The van der Waals surface area contributed by atoms with Crippen LogP contribution >= 0.6 is 27.5 Å². The number of aromatic nitrogens is 3.